The van der Waals surface area contributed by atoms with Crippen LogP contribution in [0.15, 0.2) is 72.9 Å². The summed E-state index contributed by atoms with van der Waals surface area (Å²) in [6.45, 7) is 0. The quantitative estimate of drug-likeness (QED) is 0.345. The van der Waals surface area contributed by atoms with E-state index in [1.54, 1.807) is 30.5 Å². The third-order valence-electron chi connectivity index (χ3n) is 4.32. The van der Waals surface area contributed by atoms with Gasteiger partial charge in [-0.25, -0.2) is 4.79 Å². The van der Waals surface area contributed by atoms with Crippen molar-refractivity contribution >= 4 is 63.1 Å². The van der Waals surface area contributed by atoms with Crippen LogP contribution in [0.2, 0.25) is 15.1 Å². The van der Waals surface area contributed by atoms with Crippen molar-refractivity contribution in [2.75, 3.05) is 10.6 Å². The van der Waals surface area contributed by atoms with E-state index in [0.717, 1.165) is 22.0 Å². The molecule has 7 heteroatoms. The maximum absolute atomic E-state index is 12.7. The molecular formula is C22H14Cl3N3O. The number of hydrogen-bond donors (Lipinski definition) is 2. The summed E-state index contributed by atoms with van der Waals surface area (Å²) < 4.78 is 0. The zero-order chi connectivity index (χ0) is 20.4. The maximum Gasteiger partial charge on any atom is 0.323 e. The first-order chi connectivity index (χ1) is 14.0. The fourth-order valence-electron chi connectivity index (χ4n) is 3.04. The molecule has 1 aromatic heterocycles. The molecule has 144 valence electrons. The summed E-state index contributed by atoms with van der Waals surface area (Å²) in [7, 11) is 0. The molecule has 0 saturated heterocycles. The number of fused-ring (bicyclic) bond motifs is 1. The van der Waals surface area contributed by atoms with Gasteiger partial charge >= 0.3 is 6.03 Å². The van der Waals surface area contributed by atoms with E-state index in [0.29, 0.717) is 26.4 Å². The van der Waals surface area contributed by atoms with E-state index in [1.165, 1.54) is 0 Å². The zero-order valence-corrected chi connectivity index (χ0v) is 17.2. The molecule has 0 fully saturated rings. The number of anilines is 2. The van der Waals surface area contributed by atoms with Gasteiger partial charge in [0.05, 0.1) is 28.1 Å². The molecule has 0 radical (unpaired) electrons. The lowest BCUT2D eigenvalue weighted by Crippen LogP contribution is -2.20. The number of amides is 2. The molecule has 0 aliphatic carbocycles. The van der Waals surface area contributed by atoms with Crippen LogP contribution >= 0.6 is 34.8 Å². The maximum atomic E-state index is 12.7. The predicted molar refractivity (Wildman–Crippen MR) is 121 cm³/mol. The molecule has 0 aliphatic heterocycles. The topological polar surface area (TPSA) is 54.0 Å². The lowest BCUT2D eigenvalue weighted by Gasteiger charge is -2.15. The Balaban J connectivity index is 1.75. The molecule has 2 amide bonds. The van der Waals surface area contributed by atoms with Gasteiger partial charge < -0.3 is 10.6 Å². The monoisotopic (exact) mass is 441 g/mol. The van der Waals surface area contributed by atoms with Crippen molar-refractivity contribution in [1.29, 1.82) is 0 Å². The Morgan fingerprint density at radius 2 is 1.48 bits per heavy atom. The van der Waals surface area contributed by atoms with Crippen LogP contribution in [0, 0.1) is 0 Å². The smallest absolute Gasteiger partial charge is 0.306 e. The van der Waals surface area contributed by atoms with Gasteiger partial charge in [-0.3, -0.25) is 4.98 Å². The molecule has 3 aromatic carbocycles. The van der Waals surface area contributed by atoms with Gasteiger partial charge in [0.2, 0.25) is 0 Å². The summed E-state index contributed by atoms with van der Waals surface area (Å²) in [5.41, 5.74) is 3.48. The van der Waals surface area contributed by atoms with Crippen LogP contribution in [0.4, 0.5) is 16.2 Å². The zero-order valence-electron chi connectivity index (χ0n) is 14.9. The lowest BCUT2D eigenvalue weighted by atomic mass is 9.99. The average Bonchev–Trinajstić information content (AvgIpc) is 2.71. The molecule has 2 N–H and O–H groups in total. The third kappa shape index (κ3) is 4.30. The minimum absolute atomic E-state index is 0.385. The number of aromatic nitrogens is 1. The molecular weight excluding hydrogens is 429 g/mol. The largest absolute Gasteiger partial charge is 0.323 e. The Labute approximate surface area is 182 Å². The van der Waals surface area contributed by atoms with Gasteiger partial charge in [-0.05, 0) is 42.0 Å². The third-order valence-corrected chi connectivity index (χ3v) is 5.12. The number of carbonyl (C=O) groups is 1. The molecule has 1 heterocycles. The van der Waals surface area contributed by atoms with Crippen molar-refractivity contribution in [2.24, 2.45) is 0 Å². The highest BCUT2D eigenvalue weighted by atomic mass is 35.5. The number of urea groups is 1. The summed E-state index contributed by atoms with van der Waals surface area (Å²) in [5.74, 6) is 0. The number of nitrogens with one attached hydrogen (secondary N) is 2. The van der Waals surface area contributed by atoms with Gasteiger partial charge in [0, 0.05) is 21.0 Å². The van der Waals surface area contributed by atoms with Crippen molar-refractivity contribution in [1.82, 2.24) is 4.98 Å². The first-order valence-electron chi connectivity index (χ1n) is 8.68. The lowest BCUT2D eigenvalue weighted by molar-refractivity contribution is 0.262. The molecule has 29 heavy (non-hydrogen) atoms. The predicted octanol–water partition coefficient (Wildman–Crippen LogP) is 7.51. The molecule has 4 nitrogen and oxygen atoms in total. The Morgan fingerprint density at radius 3 is 2.28 bits per heavy atom. The van der Waals surface area contributed by atoms with Crippen LogP contribution in [0.25, 0.3) is 22.0 Å². The van der Waals surface area contributed by atoms with E-state index in [-0.39, 0.29) is 0 Å². The number of carbonyl (C=O) groups excluding carboxylic acids is 1. The van der Waals surface area contributed by atoms with Crippen molar-refractivity contribution in [3.63, 3.8) is 0 Å². The number of benzene rings is 3. The SMILES string of the molecule is O=C(Nc1cc(Cl)ccc1Cl)Nc1cnc2ccc(Cl)cc2c1-c1ccccc1. The fraction of sp³-hybridized carbons (Fsp3) is 0. The number of halogens is 3. The van der Waals surface area contributed by atoms with E-state index in [2.05, 4.69) is 15.6 Å². The second-order valence-electron chi connectivity index (χ2n) is 6.28. The normalized spacial score (nSPS) is 10.7. The molecule has 0 spiro atoms. The van der Waals surface area contributed by atoms with Crippen molar-refractivity contribution < 1.29 is 4.79 Å². The summed E-state index contributed by atoms with van der Waals surface area (Å²) >= 11 is 18.4. The number of pyridine rings is 1. The molecule has 4 rings (SSSR count). The van der Waals surface area contributed by atoms with Gasteiger partial charge in [-0.1, -0.05) is 65.1 Å². The van der Waals surface area contributed by atoms with Gasteiger partial charge in [0.1, 0.15) is 0 Å². The minimum Gasteiger partial charge on any atom is -0.306 e. The van der Waals surface area contributed by atoms with Crippen LogP contribution in [-0.2, 0) is 0 Å². The van der Waals surface area contributed by atoms with Crippen LogP contribution < -0.4 is 10.6 Å². The van der Waals surface area contributed by atoms with Crippen LogP contribution in [0.5, 0.6) is 0 Å². The van der Waals surface area contributed by atoms with Crippen molar-refractivity contribution in [2.45, 2.75) is 0 Å². The van der Waals surface area contributed by atoms with E-state index < -0.39 is 6.03 Å². The minimum atomic E-state index is -0.463. The first-order valence-corrected chi connectivity index (χ1v) is 9.81. The molecule has 0 saturated carbocycles. The molecule has 0 atom stereocenters. The summed E-state index contributed by atoms with van der Waals surface area (Å²) in [4.78, 5) is 17.1. The molecule has 4 aromatic rings. The average molecular weight is 443 g/mol. The Kier molecular flexibility index (Phi) is 5.58. The molecule has 0 aliphatic rings. The summed E-state index contributed by atoms with van der Waals surface area (Å²) in [6, 6.07) is 19.6. The van der Waals surface area contributed by atoms with E-state index >= 15 is 0 Å². The van der Waals surface area contributed by atoms with Gasteiger partial charge in [0.15, 0.2) is 0 Å². The molecule has 0 unspecified atom stereocenters. The number of nitrogens with zero attached hydrogens (tertiary/aromatic N) is 1. The van der Waals surface area contributed by atoms with E-state index in [9.17, 15) is 4.79 Å². The first kappa shape index (κ1) is 19.5. The van der Waals surface area contributed by atoms with Gasteiger partial charge in [-0.15, -0.1) is 0 Å². The van der Waals surface area contributed by atoms with Crippen molar-refractivity contribution in [3.05, 3.63) is 88.0 Å². The number of hydrogen-bond acceptors (Lipinski definition) is 2. The summed E-state index contributed by atoms with van der Waals surface area (Å²) in [5, 5.41) is 7.85. The highest BCUT2D eigenvalue weighted by Gasteiger charge is 2.15. The highest BCUT2D eigenvalue weighted by Crippen LogP contribution is 2.36. The standard InChI is InChI=1S/C22H14Cl3N3O/c23-14-7-9-18-16(10-14)21(13-4-2-1-3-5-13)20(12-26-18)28-22(29)27-19-11-15(24)6-8-17(19)25/h1-12H,(H2,27,28,29). The molecule has 0 bridgehead atoms. The van der Waals surface area contributed by atoms with Crippen LogP contribution in [-0.4, -0.2) is 11.0 Å². The van der Waals surface area contributed by atoms with Crippen LogP contribution in [0.1, 0.15) is 0 Å². The second kappa shape index (κ2) is 8.29. The van der Waals surface area contributed by atoms with Gasteiger partial charge in [0.25, 0.3) is 0 Å². The van der Waals surface area contributed by atoms with Crippen molar-refractivity contribution in [3.8, 4) is 11.1 Å². The fourth-order valence-corrected chi connectivity index (χ4v) is 3.55. The number of rotatable bonds is 3. The highest BCUT2D eigenvalue weighted by molar-refractivity contribution is 6.36. The Hall–Kier alpha value is -2.79. The van der Waals surface area contributed by atoms with E-state index in [4.69, 9.17) is 34.8 Å². The Bertz CT molecular complexity index is 1210. The Morgan fingerprint density at radius 1 is 0.793 bits per heavy atom. The summed E-state index contributed by atoms with van der Waals surface area (Å²) in [6.07, 6.45) is 1.62. The van der Waals surface area contributed by atoms with Gasteiger partial charge in [-0.2, -0.15) is 0 Å². The van der Waals surface area contributed by atoms with E-state index in [1.807, 2.05) is 42.5 Å². The second-order valence-corrected chi connectivity index (χ2v) is 7.56. The van der Waals surface area contributed by atoms with Crippen LogP contribution in [0.3, 0.4) is 0 Å².